The van der Waals surface area contributed by atoms with Crippen LogP contribution in [0, 0.1) is 5.41 Å². The summed E-state index contributed by atoms with van der Waals surface area (Å²) in [5.41, 5.74) is 0.176. The molecule has 0 aliphatic heterocycles. The Morgan fingerprint density at radius 3 is 2.65 bits per heavy atom. The Bertz CT molecular complexity index is 443. The summed E-state index contributed by atoms with van der Waals surface area (Å²) >= 11 is 1.52. The molecule has 0 atom stereocenters. The minimum Gasteiger partial charge on any atom is -0.497 e. The van der Waals surface area contributed by atoms with Crippen molar-refractivity contribution in [3.8, 4) is 5.75 Å². The third-order valence-electron chi connectivity index (χ3n) is 3.69. The van der Waals surface area contributed by atoms with E-state index in [1.165, 1.54) is 11.8 Å². The molecular formula is C15H21NO3S. The fraction of sp³-hybridized carbons (Fsp3) is 0.533. The summed E-state index contributed by atoms with van der Waals surface area (Å²) in [6.07, 6.45) is 3.01. The molecule has 0 bridgehead atoms. The Morgan fingerprint density at radius 2 is 2.10 bits per heavy atom. The number of hydrogen-bond acceptors (Lipinski definition) is 4. The molecular weight excluding hydrogens is 274 g/mol. The number of benzene rings is 1. The number of aliphatic hydroxyl groups is 1. The molecule has 0 aromatic heterocycles. The average Bonchev–Trinajstić information content (AvgIpc) is 3.24. The zero-order chi connectivity index (χ0) is 14.4. The van der Waals surface area contributed by atoms with E-state index in [4.69, 9.17) is 9.84 Å². The molecule has 1 saturated carbocycles. The maximum atomic E-state index is 11.8. The van der Waals surface area contributed by atoms with Crippen molar-refractivity contribution in [3.05, 3.63) is 24.3 Å². The molecule has 0 unspecified atom stereocenters. The lowest BCUT2D eigenvalue weighted by Crippen LogP contribution is -2.31. The molecule has 0 heterocycles. The summed E-state index contributed by atoms with van der Waals surface area (Å²) in [6.45, 7) is 0.895. The van der Waals surface area contributed by atoms with Gasteiger partial charge < -0.3 is 15.2 Å². The Hall–Kier alpha value is -1.20. The van der Waals surface area contributed by atoms with Crippen LogP contribution >= 0.6 is 11.8 Å². The molecule has 0 saturated heterocycles. The van der Waals surface area contributed by atoms with E-state index in [1.807, 2.05) is 24.3 Å². The summed E-state index contributed by atoms with van der Waals surface area (Å²) < 4.78 is 5.09. The minimum absolute atomic E-state index is 0.0510. The van der Waals surface area contributed by atoms with Crippen molar-refractivity contribution in [1.82, 2.24) is 5.32 Å². The smallest absolute Gasteiger partial charge is 0.230 e. The van der Waals surface area contributed by atoms with E-state index in [0.29, 0.717) is 12.3 Å². The first-order chi connectivity index (χ1) is 9.67. The highest BCUT2D eigenvalue weighted by Gasteiger charge is 2.41. The van der Waals surface area contributed by atoms with E-state index < -0.39 is 0 Å². The molecule has 1 aliphatic carbocycles. The van der Waals surface area contributed by atoms with Crippen molar-refractivity contribution < 1.29 is 14.6 Å². The van der Waals surface area contributed by atoms with Crippen molar-refractivity contribution in [2.45, 2.75) is 24.2 Å². The van der Waals surface area contributed by atoms with Crippen molar-refractivity contribution in [3.63, 3.8) is 0 Å². The van der Waals surface area contributed by atoms with E-state index in [-0.39, 0.29) is 17.9 Å². The number of carbonyl (C=O) groups is 1. The maximum absolute atomic E-state index is 11.8. The normalized spacial score (nSPS) is 15.7. The Kier molecular flexibility index (Phi) is 5.31. The van der Waals surface area contributed by atoms with Crippen molar-refractivity contribution in [1.29, 1.82) is 0 Å². The second kappa shape index (κ2) is 6.99. The zero-order valence-electron chi connectivity index (χ0n) is 11.7. The van der Waals surface area contributed by atoms with Crippen LogP contribution in [-0.4, -0.2) is 37.0 Å². The molecule has 0 spiro atoms. The van der Waals surface area contributed by atoms with Crippen molar-refractivity contribution in [2.24, 2.45) is 5.41 Å². The van der Waals surface area contributed by atoms with Crippen LogP contribution in [0.25, 0.3) is 0 Å². The summed E-state index contributed by atoms with van der Waals surface area (Å²) in [7, 11) is 1.63. The van der Waals surface area contributed by atoms with Crippen LogP contribution in [-0.2, 0) is 4.79 Å². The van der Waals surface area contributed by atoms with Crippen LogP contribution in [0.5, 0.6) is 5.75 Å². The Labute approximate surface area is 123 Å². The summed E-state index contributed by atoms with van der Waals surface area (Å²) in [4.78, 5) is 12.9. The molecule has 0 radical (unpaired) electrons. The number of thioether (sulfide) groups is 1. The monoisotopic (exact) mass is 295 g/mol. The van der Waals surface area contributed by atoms with Gasteiger partial charge in [-0.3, -0.25) is 4.79 Å². The van der Waals surface area contributed by atoms with Crippen LogP contribution in [0.15, 0.2) is 29.2 Å². The van der Waals surface area contributed by atoms with E-state index in [1.54, 1.807) is 7.11 Å². The largest absolute Gasteiger partial charge is 0.497 e. The van der Waals surface area contributed by atoms with Crippen LogP contribution in [0.3, 0.4) is 0 Å². The van der Waals surface area contributed by atoms with Gasteiger partial charge in [0.05, 0.1) is 12.9 Å². The van der Waals surface area contributed by atoms with Crippen molar-refractivity contribution in [2.75, 3.05) is 26.0 Å². The Balaban J connectivity index is 1.69. The van der Waals surface area contributed by atoms with Gasteiger partial charge in [0.25, 0.3) is 0 Å². The maximum Gasteiger partial charge on any atom is 0.230 e. The van der Waals surface area contributed by atoms with Crippen LogP contribution < -0.4 is 10.1 Å². The standard InChI is InChI=1S/C15H21NO3S/c1-19-12-2-4-13(5-3-12)20-10-14(18)16-11-15(6-7-15)8-9-17/h2-5,17H,6-11H2,1H3,(H,16,18). The van der Waals surface area contributed by atoms with Gasteiger partial charge in [-0.2, -0.15) is 0 Å². The number of carbonyl (C=O) groups excluding carboxylic acids is 1. The van der Waals surface area contributed by atoms with Crippen molar-refractivity contribution >= 4 is 17.7 Å². The number of hydrogen-bond donors (Lipinski definition) is 2. The average molecular weight is 295 g/mol. The minimum atomic E-state index is 0.0510. The SMILES string of the molecule is COc1ccc(SCC(=O)NCC2(CCO)CC2)cc1. The van der Waals surface area contributed by atoms with E-state index >= 15 is 0 Å². The first-order valence-electron chi connectivity index (χ1n) is 6.82. The fourth-order valence-corrected chi connectivity index (χ4v) is 2.82. The number of nitrogens with one attached hydrogen (secondary N) is 1. The fourth-order valence-electron chi connectivity index (χ4n) is 2.09. The first-order valence-corrected chi connectivity index (χ1v) is 7.80. The van der Waals surface area contributed by atoms with Gasteiger partial charge in [0.15, 0.2) is 0 Å². The summed E-state index contributed by atoms with van der Waals surface area (Å²) in [5, 5.41) is 11.9. The topological polar surface area (TPSA) is 58.6 Å². The van der Waals surface area contributed by atoms with E-state index in [0.717, 1.165) is 29.9 Å². The molecule has 1 aliphatic rings. The van der Waals surface area contributed by atoms with Crippen LogP contribution in [0.1, 0.15) is 19.3 Å². The molecule has 20 heavy (non-hydrogen) atoms. The molecule has 110 valence electrons. The van der Waals surface area contributed by atoms with E-state index in [9.17, 15) is 4.79 Å². The third kappa shape index (κ3) is 4.42. The lowest BCUT2D eigenvalue weighted by Gasteiger charge is -2.14. The van der Waals surface area contributed by atoms with Gasteiger partial charge in [-0.15, -0.1) is 11.8 Å². The molecule has 2 N–H and O–H groups in total. The van der Waals surface area contributed by atoms with Gasteiger partial charge in [0.1, 0.15) is 5.75 Å². The number of rotatable bonds is 8. The second-order valence-electron chi connectivity index (χ2n) is 5.21. The molecule has 4 nitrogen and oxygen atoms in total. The quantitative estimate of drug-likeness (QED) is 0.721. The molecule has 1 fully saturated rings. The Morgan fingerprint density at radius 1 is 1.40 bits per heavy atom. The molecule has 1 amide bonds. The van der Waals surface area contributed by atoms with Gasteiger partial charge in [-0.25, -0.2) is 0 Å². The van der Waals surface area contributed by atoms with Gasteiger partial charge in [-0.1, -0.05) is 0 Å². The third-order valence-corrected chi connectivity index (χ3v) is 4.70. The number of methoxy groups -OCH3 is 1. The highest BCUT2D eigenvalue weighted by atomic mass is 32.2. The lowest BCUT2D eigenvalue weighted by atomic mass is 10.0. The molecule has 1 aromatic rings. The van der Waals surface area contributed by atoms with Crippen LogP contribution in [0.4, 0.5) is 0 Å². The number of ether oxygens (including phenoxy) is 1. The number of amides is 1. The van der Waals surface area contributed by atoms with Gasteiger partial charge in [0.2, 0.25) is 5.91 Å². The second-order valence-corrected chi connectivity index (χ2v) is 6.26. The predicted molar refractivity (Wildman–Crippen MR) is 80.1 cm³/mol. The van der Waals surface area contributed by atoms with Gasteiger partial charge >= 0.3 is 0 Å². The highest BCUT2D eigenvalue weighted by Crippen LogP contribution is 2.47. The van der Waals surface area contributed by atoms with Crippen LogP contribution in [0.2, 0.25) is 0 Å². The predicted octanol–water partition coefficient (Wildman–Crippen LogP) is 2.07. The summed E-state index contributed by atoms with van der Waals surface area (Å²) in [6, 6.07) is 7.68. The van der Waals surface area contributed by atoms with Gasteiger partial charge in [0, 0.05) is 18.0 Å². The molecule has 2 rings (SSSR count). The van der Waals surface area contributed by atoms with E-state index in [2.05, 4.69) is 5.32 Å². The molecule has 1 aromatic carbocycles. The first kappa shape index (κ1) is 15.2. The highest BCUT2D eigenvalue weighted by molar-refractivity contribution is 8.00. The number of aliphatic hydroxyl groups excluding tert-OH is 1. The zero-order valence-corrected chi connectivity index (χ0v) is 12.5. The van der Waals surface area contributed by atoms with Gasteiger partial charge in [-0.05, 0) is 48.9 Å². The lowest BCUT2D eigenvalue weighted by molar-refractivity contribution is -0.118. The molecule has 5 heteroatoms. The summed E-state index contributed by atoms with van der Waals surface area (Å²) in [5.74, 6) is 1.29.